The normalized spacial score (nSPS) is 18.4. The van der Waals surface area contributed by atoms with Gasteiger partial charge in [-0.1, -0.05) is 32.0 Å². The minimum absolute atomic E-state index is 0.0145. The molecule has 0 saturated carbocycles. The van der Waals surface area contributed by atoms with E-state index < -0.39 is 0 Å². The van der Waals surface area contributed by atoms with Gasteiger partial charge in [-0.2, -0.15) is 9.90 Å². The Morgan fingerprint density at radius 3 is 2.92 bits per heavy atom. The van der Waals surface area contributed by atoms with E-state index in [1.165, 1.54) is 11.0 Å². The molecule has 7 heteroatoms. The Morgan fingerprint density at radius 2 is 2.16 bits per heavy atom. The largest absolute Gasteiger partial charge is 0.374 e. The zero-order valence-corrected chi connectivity index (χ0v) is 14.8. The lowest BCUT2D eigenvalue weighted by molar-refractivity contribution is -0.0295. The van der Waals surface area contributed by atoms with Crippen LogP contribution in [0.5, 0.6) is 0 Å². The van der Waals surface area contributed by atoms with Crippen LogP contribution in [0.4, 0.5) is 0 Å². The molecule has 1 aliphatic heterocycles. The Balaban J connectivity index is 1.52. The topological polar surface area (TPSA) is 72.3 Å². The first-order valence-electron chi connectivity index (χ1n) is 8.71. The predicted molar refractivity (Wildman–Crippen MR) is 94.7 cm³/mol. The molecule has 1 amide bonds. The molecule has 2 aromatic rings. The number of aromatic nitrogens is 3. The van der Waals surface area contributed by atoms with Gasteiger partial charge in [-0.3, -0.25) is 9.69 Å². The van der Waals surface area contributed by atoms with E-state index in [-0.39, 0.29) is 12.0 Å². The minimum Gasteiger partial charge on any atom is -0.374 e. The first kappa shape index (κ1) is 17.6. The summed E-state index contributed by atoms with van der Waals surface area (Å²) in [5.41, 5.74) is 1.13. The molecule has 25 heavy (non-hydrogen) atoms. The van der Waals surface area contributed by atoms with Crippen LogP contribution in [0.25, 0.3) is 5.69 Å². The summed E-state index contributed by atoms with van der Waals surface area (Å²) >= 11 is 0. The van der Waals surface area contributed by atoms with Crippen molar-refractivity contribution in [2.45, 2.75) is 20.0 Å². The number of morpholine rings is 1. The molecule has 0 aliphatic carbocycles. The molecule has 1 aliphatic rings. The minimum atomic E-state index is -0.230. The van der Waals surface area contributed by atoms with Crippen LogP contribution in [-0.4, -0.2) is 64.7 Å². The molecule has 7 nitrogen and oxygen atoms in total. The highest BCUT2D eigenvalue weighted by Gasteiger charge is 2.22. The highest BCUT2D eigenvalue weighted by Crippen LogP contribution is 2.08. The number of hydrogen-bond donors (Lipinski definition) is 1. The predicted octanol–water partition coefficient (Wildman–Crippen LogP) is 1.35. The van der Waals surface area contributed by atoms with Crippen molar-refractivity contribution < 1.29 is 9.53 Å². The van der Waals surface area contributed by atoms with Gasteiger partial charge in [-0.25, -0.2) is 0 Å². The maximum atomic E-state index is 12.3. The summed E-state index contributed by atoms with van der Waals surface area (Å²) in [5.74, 6) is 0.396. The van der Waals surface area contributed by atoms with Crippen molar-refractivity contribution in [1.82, 2.24) is 25.2 Å². The van der Waals surface area contributed by atoms with Crippen LogP contribution in [0.15, 0.2) is 36.5 Å². The number of hydrogen-bond acceptors (Lipinski definition) is 5. The maximum absolute atomic E-state index is 12.3. The highest BCUT2D eigenvalue weighted by molar-refractivity contribution is 5.91. The first-order chi connectivity index (χ1) is 12.1. The monoisotopic (exact) mass is 343 g/mol. The summed E-state index contributed by atoms with van der Waals surface area (Å²) in [7, 11) is 0. The van der Waals surface area contributed by atoms with Crippen molar-refractivity contribution in [3.05, 3.63) is 42.2 Å². The van der Waals surface area contributed by atoms with Gasteiger partial charge < -0.3 is 10.1 Å². The van der Waals surface area contributed by atoms with Crippen molar-refractivity contribution in [2.24, 2.45) is 5.92 Å². The first-order valence-corrected chi connectivity index (χ1v) is 8.71. The second-order valence-corrected chi connectivity index (χ2v) is 6.71. The Labute approximate surface area is 148 Å². The standard InChI is InChI=1S/C18H25N5O2/c1-14(2)12-22-8-9-25-16(13-22)10-19-18(24)17-11-20-23(21-17)15-6-4-3-5-7-15/h3-7,11,14,16H,8-10,12-13H2,1-2H3,(H,19,24)/t16-/m1/s1. The molecule has 0 bridgehead atoms. The number of para-hydroxylation sites is 1. The van der Waals surface area contributed by atoms with E-state index in [0.29, 0.717) is 24.8 Å². The molecule has 0 radical (unpaired) electrons. The second-order valence-electron chi connectivity index (χ2n) is 6.71. The van der Waals surface area contributed by atoms with Gasteiger partial charge in [0.1, 0.15) is 0 Å². The molecule has 1 fully saturated rings. The van der Waals surface area contributed by atoms with E-state index in [9.17, 15) is 4.79 Å². The number of rotatable bonds is 6. The number of benzene rings is 1. The second kappa shape index (κ2) is 8.22. The molecular weight excluding hydrogens is 318 g/mol. The van der Waals surface area contributed by atoms with Crippen molar-refractivity contribution in [2.75, 3.05) is 32.8 Å². The molecule has 0 spiro atoms. The van der Waals surface area contributed by atoms with Crippen molar-refractivity contribution in [3.63, 3.8) is 0 Å². The van der Waals surface area contributed by atoms with Crippen LogP contribution >= 0.6 is 0 Å². The Bertz CT molecular complexity index is 686. The zero-order valence-electron chi connectivity index (χ0n) is 14.8. The Morgan fingerprint density at radius 1 is 1.36 bits per heavy atom. The molecule has 2 heterocycles. The number of ether oxygens (including phenoxy) is 1. The average Bonchev–Trinajstić information content (AvgIpc) is 3.10. The van der Waals surface area contributed by atoms with Crippen molar-refractivity contribution in [1.29, 1.82) is 0 Å². The van der Waals surface area contributed by atoms with Gasteiger partial charge in [0.15, 0.2) is 5.69 Å². The Hall–Kier alpha value is -2.25. The fourth-order valence-electron chi connectivity index (χ4n) is 2.94. The lowest BCUT2D eigenvalue weighted by Gasteiger charge is -2.33. The summed E-state index contributed by atoms with van der Waals surface area (Å²) in [6, 6.07) is 9.51. The maximum Gasteiger partial charge on any atom is 0.273 e. The molecular formula is C18H25N5O2. The van der Waals surface area contributed by atoms with Gasteiger partial charge in [0.05, 0.1) is 24.6 Å². The molecule has 3 rings (SSSR count). The number of nitrogens with one attached hydrogen (secondary N) is 1. The molecule has 1 aromatic heterocycles. The zero-order chi connectivity index (χ0) is 17.6. The van der Waals surface area contributed by atoms with Gasteiger partial charge in [-0.15, -0.1) is 5.10 Å². The summed E-state index contributed by atoms with van der Waals surface area (Å²) < 4.78 is 5.75. The van der Waals surface area contributed by atoms with Gasteiger partial charge >= 0.3 is 0 Å². The van der Waals surface area contributed by atoms with Crippen LogP contribution in [-0.2, 0) is 4.74 Å². The van der Waals surface area contributed by atoms with Gasteiger partial charge in [0.2, 0.25) is 0 Å². The van der Waals surface area contributed by atoms with E-state index >= 15 is 0 Å². The third-order valence-corrected chi connectivity index (χ3v) is 4.05. The number of amides is 1. The average molecular weight is 343 g/mol. The Kier molecular flexibility index (Phi) is 5.78. The summed E-state index contributed by atoms with van der Waals surface area (Å²) in [4.78, 5) is 16.1. The number of carbonyl (C=O) groups is 1. The van der Waals surface area contributed by atoms with E-state index in [0.717, 1.165) is 25.3 Å². The van der Waals surface area contributed by atoms with E-state index in [4.69, 9.17) is 4.74 Å². The highest BCUT2D eigenvalue weighted by atomic mass is 16.5. The number of nitrogens with zero attached hydrogens (tertiary/aromatic N) is 4. The third-order valence-electron chi connectivity index (χ3n) is 4.05. The molecule has 1 atom stereocenters. The van der Waals surface area contributed by atoms with Crippen LogP contribution in [0.3, 0.4) is 0 Å². The van der Waals surface area contributed by atoms with Crippen LogP contribution in [0.2, 0.25) is 0 Å². The molecule has 1 N–H and O–H groups in total. The molecule has 1 saturated heterocycles. The quantitative estimate of drug-likeness (QED) is 0.857. The third kappa shape index (κ3) is 4.87. The van der Waals surface area contributed by atoms with Gasteiger partial charge in [0.25, 0.3) is 5.91 Å². The van der Waals surface area contributed by atoms with Crippen LogP contribution in [0, 0.1) is 5.92 Å². The smallest absolute Gasteiger partial charge is 0.273 e. The van der Waals surface area contributed by atoms with Crippen LogP contribution < -0.4 is 5.32 Å². The summed E-state index contributed by atoms with van der Waals surface area (Å²) in [5, 5.41) is 11.3. The fraction of sp³-hybridized carbons (Fsp3) is 0.500. The number of carbonyl (C=O) groups excluding carboxylic acids is 1. The van der Waals surface area contributed by atoms with Crippen molar-refractivity contribution in [3.8, 4) is 5.69 Å². The lowest BCUT2D eigenvalue weighted by Crippen LogP contribution is -2.48. The summed E-state index contributed by atoms with van der Waals surface area (Å²) in [6.45, 7) is 8.45. The molecule has 0 unspecified atom stereocenters. The SMILES string of the molecule is CC(C)CN1CCO[C@H](CNC(=O)c2cnn(-c3ccccc3)n2)C1. The van der Waals surface area contributed by atoms with Gasteiger partial charge in [-0.05, 0) is 18.1 Å². The fourth-order valence-corrected chi connectivity index (χ4v) is 2.94. The summed E-state index contributed by atoms with van der Waals surface area (Å²) in [6.07, 6.45) is 1.50. The van der Waals surface area contributed by atoms with Crippen molar-refractivity contribution >= 4 is 5.91 Å². The van der Waals surface area contributed by atoms with E-state index in [1.54, 1.807) is 0 Å². The molecule has 1 aromatic carbocycles. The lowest BCUT2D eigenvalue weighted by atomic mass is 10.2. The van der Waals surface area contributed by atoms with Crippen LogP contribution in [0.1, 0.15) is 24.3 Å². The van der Waals surface area contributed by atoms with E-state index in [1.807, 2.05) is 30.3 Å². The molecule has 134 valence electrons. The van der Waals surface area contributed by atoms with Gasteiger partial charge in [0, 0.05) is 26.2 Å². The van der Waals surface area contributed by atoms with E-state index in [2.05, 4.69) is 34.3 Å².